The first kappa shape index (κ1) is 18.2. The van der Waals surface area contributed by atoms with Crippen molar-refractivity contribution in [1.29, 1.82) is 0 Å². The Hall–Kier alpha value is -4.20. The Morgan fingerprint density at radius 1 is 1.03 bits per heavy atom. The van der Waals surface area contributed by atoms with Crippen molar-refractivity contribution in [1.82, 2.24) is 9.97 Å². The number of H-pyrrole nitrogens is 1. The number of anilines is 1. The van der Waals surface area contributed by atoms with E-state index in [2.05, 4.69) is 15.3 Å². The third-order valence-corrected chi connectivity index (χ3v) is 4.25. The van der Waals surface area contributed by atoms with Crippen LogP contribution in [0.4, 0.5) is 11.4 Å². The number of hydrogen-bond donors (Lipinski definition) is 2. The molecule has 144 valence electrons. The van der Waals surface area contributed by atoms with Crippen LogP contribution in [0, 0.1) is 10.1 Å². The lowest BCUT2D eigenvalue weighted by molar-refractivity contribution is -0.385. The summed E-state index contributed by atoms with van der Waals surface area (Å²) in [6, 6.07) is 20.9. The van der Waals surface area contributed by atoms with Crippen molar-refractivity contribution in [2.24, 2.45) is 0 Å². The van der Waals surface area contributed by atoms with Gasteiger partial charge in [0, 0.05) is 17.3 Å². The van der Waals surface area contributed by atoms with Crippen molar-refractivity contribution in [3.05, 3.63) is 82.9 Å². The molecule has 0 aliphatic rings. The fraction of sp³-hybridized carbons (Fsp3) is 0.0476. The Balaban J connectivity index is 1.40. The van der Waals surface area contributed by atoms with Crippen LogP contribution in [-0.4, -0.2) is 27.4 Å². The minimum atomic E-state index is -0.552. The van der Waals surface area contributed by atoms with Gasteiger partial charge in [0.05, 0.1) is 16.0 Å². The molecule has 2 N–H and O–H groups in total. The van der Waals surface area contributed by atoms with Crippen LogP contribution in [-0.2, 0) is 4.79 Å². The molecule has 0 fully saturated rings. The average molecular weight is 388 g/mol. The Labute approximate surface area is 165 Å². The predicted octanol–water partition coefficient (Wildman–Crippen LogP) is 4.16. The molecule has 4 rings (SSSR count). The van der Waals surface area contributed by atoms with E-state index in [-0.39, 0.29) is 18.0 Å². The number of hydrogen-bond acceptors (Lipinski definition) is 5. The Morgan fingerprint density at radius 2 is 1.76 bits per heavy atom. The molecular weight excluding hydrogens is 372 g/mol. The number of para-hydroxylation sites is 4. The lowest BCUT2D eigenvalue weighted by Crippen LogP contribution is -2.20. The molecule has 1 heterocycles. The Bertz CT molecular complexity index is 1150. The highest BCUT2D eigenvalue weighted by Gasteiger charge is 2.15. The maximum Gasteiger partial charge on any atom is 0.310 e. The van der Waals surface area contributed by atoms with Gasteiger partial charge in [-0.1, -0.05) is 24.3 Å². The number of ether oxygens (including phenoxy) is 1. The largest absolute Gasteiger partial charge is 0.477 e. The van der Waals surface area contributed by atoms with Crippen molar-refractivity contribution < 1.29 is 14.5 Å². The van der Waals surface area contributed by atoms with E-state index in [0.717, 1.165) is 22.4 Å². The van der Waals surface area contributed by atoms with Gasteiger partial charge in [-0.2, -0.15) is 0 Å². The van der Waals surface area contributed by atoms with Gasteiger partial charge in [-0.15, -0.1) is 0 Å². The molecule has 4 aromatic rings. The van der Waals surface area contributed by atoms with Crippen molar-refractivity contribution in [3.63, 3.8) is 0 Å². The molecule has 1 aromatic heterocycles. The van der Waals surface area contributed by atoms with Gasteiger partial charge < -0.3 is 15.0 Å². The summed E-state index contributed by atoms with van der Waals surface area (Å²) < 4.78 is 5.29. The second kappa shape index (κ2) is 7.81. The lowest BCUT2D eigenvalue weighted by atomic mass is 10.2. The SMILES string of the molecule is O=C(COc1ccccc1[N+](=O)[O-])Nc1ccc(-c2nc3ccccc3[nH]2)cc1. The molecule has 0 atom stereocenters. The highest BCUT2D eigenvalue weighted by atomic mass is 16.6. The molecule has 8 heteroatoms. The van der Waals surface area contributed by atoms with E-state index < -0.39 is 10.8 Å². The number of nitro groups is 1. The summed E-state index contributed by atoms with van der Waals surface area (Å²) >= 11 is 0. The van der Waals surface area contributed by atoms with E-state index in [9.17, 15) is 14.9 Å². The van der Waals surface area contributed by atoms with Gasteiger partial charge in [-0.3, -0.25) is 14.9 Å². The number of fused-ring (bicyclic) bond motifs is 1. The standard InChI is InChI=1S/C21H16N4O4/c26-20(13-29-19-8-4-3-7-18(19)25(27)28)22-15-11-9-14(10-12-15)21-23-16-5-1-2-6-17(16)24-21/h1-12H,13H2,(H,22,26)(H,23,24). The molecule has 0 aliphatic heterocycles. The van der Waals surface area contributed by atoms with Gasteiger partial charge in [0.15, 0.2) is 12.4 Å². The number of benzene rings is 3. The van der Waals surface area contributed by atoms with Crippen molar-refractivity contribution >= 4 is 28.3 Å². The first-order valence-electron chi connectivity index (χ1n) is 8.81. The summed E-state index contributed by atoms with van der Waals surface area (Å²) in [6.07, 6.45) is 0. The second-order valence-electron chi connectivity index (χ2n) is 6.24. The fourth-order valence-electron chi connectivity index (χ4n) is 2.87. The van der Waals surface area contributed by atoms with Gasteiger partial charge in [0.1, 0.15) is 5.82 Å². The van der Waals surface area contributed by atoms with Crippen molar-refractivity contribution in [2.45, 2.75) is 0 Å². The maximum absolute atomic E-state index is 12.1. The van der Waals surface area contributed by atoms with Gasteiger partial charge in [0.25, 0.3) is 5.91 Å². The lowest BCUT2D eigenvalue weighted by Gasteiger charge is -2.08. The fourth-order valence-corrected chi connectivity index (χ4v) is 2.87. The number of carbonyl (C=O) groups excluding carboxylic acids is 1. The van der Waals surface area contributed by atoms with Crippen LogP contribution in [0.1, 0.15) is 0 Å². The van der Waals surface area contributed by atoms with Gasteiger partial charge in [0.2, 0.25) is 0 Å². The molecule has 0 spiro atoms. The summed E-state index contributed by atoms with van der Waals surface area (Å²) in [5, 5.41) is 13.7. The number of nitrogens with one attached hydrogen (secondary N) is 2. The van der Waals surface area contributed by atoms with E-state index in [1.54, 1.807) is 18.2 Å². The Morgan fingerprint density at radius 3 is 2.52 bits per heavy atom. The highest BCUT2D eigenvalue weighted by molar-refractivity contribution is 5.92. The zero-order valence-electron chi connectivity index (χ0n) is 15.2. The third-order valence-electron chi connectivity index (χ3n) is 4.25. The van der Waals surface area contributed by atoms with Crippen molar-refractivity contribution in [2.75, 3.05) is 11.9 Å². The van der Waals surface area contributed by atoms with E-state index in [1.807, 2.05) is 36.4 Å². The summed E-state index contributed by atoms with van der Waals surface area (Å²) in [6.45, 7) is -0.337. The summed E-state index contributed by atoms with van der Waals surface area (Å²) in [4.78, 5) is 30.3. The Kier molecular flexibility index (Phi) is 4.90. The average Bonchev–Trinajstić information content (AvgIpc) is 3.17. The monoisotopic (exact) mass is 388 g/mol. The quantitative estimate of drug-likeness (QED) is 0.381. The number of amides is 1. The molecule has 0 bridgehead atoms. The van der Waals surface area contributed by atoms with Crippen molar-refractivity contribution in [3.8, 4) is 17.1 Å². The summed E-state index contributed by atoms with van der Waals surface area (Å²) in [5.41, 5.74) is 3.12. The number of aromatic amines is 1. The molecule has 0 aliphatic carbocycles. The van der Waals surface area contributed by atoms with E-state index in [4.69, 9.17) is 4.74 Å². The first-order chi connectivity index (χ1) is 14.1. The predicted molar refractivity (Wildman–Crippen MR) is 109 cm³/mol. The topological polar surface area (TPSA) is 110 Å². The van der Waals surface area contributed by atoms with Crippen LogP contribution in [0.2, 0.25) is 0 Å². The van der Waals surface area contributed by atoms with Crippen LogP contribution >= 0.6 is 0 Å². The van der Waals surface area contributed by atoms with Crippen LogP contribution in [0.25, 0.3) is 22.4 Å². The maximum atomic E-state index is 12.1. The molecule has 1 amide bonds. The summed E-state index contributed by atoms with van der Waals surface area (Å²) in [5.74, 6) is 0.372. The smallest absolute Gasteiger partial charge is 0.310 e. The molecule has 0 saturated carbocycles. The van der Waals surface area contributed by atoms with Crippen LogP contribution in [0.15, 0.2) is 72.8 Å². The highest BCUT2D eigenvalue weighted by Crippen LogP contribution is 2.26. The van der Waals surface area contributed by atoms with Gasteiger partial charge >= 0.3 is 5.69 Å². The van der Waals surface area contributed by atoms with E-state index in [0.29, 0.717) is 5.69 Å². The minimum absolute atomic E-state index is 0.0490. The first-order valence-corrected chi connectivity index (χ1v) is 8.81. The second-order valence-corrected chi connectivity index (χ2v) is 6.24. The van der Waals surface area contributed by atoms with E-state index >= 15 is 0 Å². The number of imidazole rings is 1. The normalized spacial score (nSPS) is 10.6. The molecule has 29 heavy (non-hydrogen) atoms. The van der Waals surface area contributed by atoms with E-state index in [1.165, 1.54) is 18.2 Å². The molecule has 0 radical (unpaired) electrons. The number of aromatic nitrogens is 2. The molecule has 0 unspecified atom stereocenters. The molecule has 0 saturated heterocycles. The molecular formula is C21H16N4O4. The van der Waals surface area contributed by atoms with Crippen LogP contribution < -0.4 is 10.1 Å². The van der Waals surface area contributed by atoms with Crippen LogP contribution in [0.3, 0.4) is 0 Å². The molecule has 3 aromatic carbocycles. The molecule has 8 nitrogen and oxygen atoms in total. The third kappa shape index (κ3) is 4.06. The zero-order chi connectivity index (χ0) is 20.2. The minimum Gasteiger partial charge on any atom is -0.477 e. The van der Waals surface area contributed by atoms with Crippen LogP contribution in [0.5, 0.6) is 5.75 Å². The number of rotatable bonds is 6. The summed E-state index contributed by atoms with van der Waals surface area (Å²) in [7, 11) is 0. The van der Waals surface area contributed by atoms with Gasteiger partial charge in [-0.05, 0) is 42.5 Å². The van der Waals surface area contributed by atoms with Gasteiger partial charge in [-0.25, -0.2) is 4.98 Å². The number of nitro benzene ring substituents is 1. The zero-order valence-corrected chi connectivity index (χ0v) is 15.2. The number of carbonyl (C=O) groups is 1. The number of nitrogens with zero attached hydrogens (tertiary/aromatic N) is 2.